The number of carbonyl (C=O) groups is 1. The Kier molecular flexibility index (Phi) is 6.05. The van der Waals surface area contributed by atoms with Crippen LogP contribution in [0.3, 0.4) is 0 Å². The highest BCUT2D eigenvalue weighted by Crippen LogP contribution is 2.18. The van der Waals surface area contributed by atoms with E-state index in [9.17, 15) is 4.79 Å². The Bertz CT molecular complexity index is 639. The summed E-state index contributed by atoms with van der Waals surface area (Å²) in [6.07, 6.45) is 2.37. The Morgan fingerprint density at radius 1 is 1.22 bits per heavy atom. The fraction of sp³-hybridized carbons (Fsp3) is 0.353. The van der Waals surface area contributed by atoms with Gasteiger partial charge in [0.05, 0.1) is 20.8 Å². The minimum atomic E-state index is -0.659. The molecule has 0 fully saturated rings. The maximum absolute atomic E-state index is 11.4. The molecule has 0 saturated carbocycles. The molecule has 2 N–H and O–H groups in total. The summed E-state index contributed by atoms with van der Waals surface area (Å²) in [6, 6.07) is 10.7. The highest BCUT2D eigenvalue weighted by Gasteiger charge is 2.16. The molecule has 0 spiro atoms. The molecular formula is C17H22N2O4. The predicted molar refractivity (Wildman–Crippen MR) is 86.6 cm³/mol. The molecule has 0 aliphatic carbocycles. The van der Waals surface area contributed by atoms with Crippen molar-refractivity contribution < 1.29 is 19.0 Å². The fourth-order valence-electron chi connectivity index (χ4n) is 2.27. The van der Waals surface area contributed by atoms with E-state index in [1.807, 2.05) is 47.2 Å². The van der Waals surface area contributed by atoms with E-state index in [0.717, 1.165) is 17.2 Å². The highest BCUT2D eigenvalue weighted by molar-refractivity contribution is 5.75. The molecule has 0 saturated heterocycles. The standard InChI is InChI=1S/C17H22N2O4/c1-21-14-6-3-7-15(12-14)23-10-9-19-8-4-5-13(19)11-16(18)17(20)22-2/h3-8,12,16H,9-11,18H2,1-2H3. The number of nitrogens with zero attached hydrogens (tertiary/aromatic N) is 1. The molecule has 0 radical (unpaired) electrons. The van der Waals surface area contributed by atoms with Gasteiger partial charge in [-0.15, -0.1) is 0 Å². The fourth-order valence-corrected chi connectivity index (χ4v) is 2.27. The van der Waals surface area contributed by atoms with Crippen LogP contribution in [-0.4, -0.2) is 37.4 Å². The third-order valence-electron chi connectivity index (χ3n) is 3.50. The Morgan fingerprint density at radius 3 is 2.74 bits per heavy atom. The number of rotatable bonds is 8. The molecule has 1 atom stereocenters. The van der Waals surface area contributed by atoms with Crippen molar-refractivity contribution in [2.24, 2.45) is 5.73 Å². The Labute approximate surface area is 135 Å². The average molecular weight is 318 g/mol. The van der Waals surface area contributed by atoms with Crippen molar-refractivity contribution in [3.63, 3.8) is 0 Å². The minimum Gasteiger partial charge on any atom is -0.497 e. The number of hydrogen-bond donors (Lipinski definition) is 1. The van der Waals surface area contributed by atoms with Crippen molar-refractivity contribution in [3.8, 4) is 11.5 Å². The molecule has 6 nitrogen and oxygen atoms in total. The monoisotopic (exact) mass is 318 g/mol. The summed E-state index contributed by atoms with van der Waals surface area (Å²) in [5, 5.41) is 0. The van der Waals surface area contributed by atoms with E-state index < -0.39 is 12.0 Å². The van der Waals surface area contributed by atoms with E-state index in [2.05, 4.69) is 4.74 Å². The number of ether oxygens (including phenoxy) is 3. The van der Waals surface area contributed by atoms with Gasteiger partial charge in [-0.25, -0.2) is 0 Å². The van der Waals surface area contributed by atoms with Crippen LogP contribution in [0.1, 0.15) is 5.69 Å². The average Bonchev–Trinajstić information content (AvgIpc) is 3.01. The first-order valence-corrected chi connectivity index (χ1v) is 7.38. The van der Waals surface area contributed by atoms with Crippen LogP contribution in [0.25, 0.3) is 0 Å². The third-order valence-corrected chi connectivity index (χ3v) is 3.50. The molecule has 0 bridgehead atoms. The van der Waals surface area contributed by atoms with E-state index in [1.54, 1.807) is 7.11 Å². The Hall–Kier alpha value is -2.47. The Balaban J connectivity index is 1.89. The molecule has 1 unspecified atom stereocenters. The SMILES string of the molecule is COC(=O)C(N)Cc1cccn1CCOc1cccc(OC)c1. The van der Waals surface area contributed by atoms with Gasteiger partial charge in [0.25, 0.3) is 0 Å². The zero-order valence-corrected chi connectivity index (χ0v) is 13.4. The lowest BCUT2D eigenvalue weighted by atomic mass is 10.2. The lowest BCUT2D eigenvalue weighted by molar-refractivity contribution is -0.142. The van der Waals surface area contributed by atoms with E-state index in [1.165, 1.54) is 7.11 Å². The van der Waals surface area contributed by atoms with Gasteiger partial charge in [0, 0.05) is 24.4 Å². The van der Waals surface area contributed by atoms with Crippen molar-refractivity contribution in [3.05, 3.63) is 48.3 Å². The lowest BCUT2D eigenvalue weighted by Crippen LogP contribution is -2.34. The second kappa shape index (κ2) is 8.24. The number of aromatic nitrogens is 1. The zero-order chi connectivity index (χ0) is 16.7. The smallest absolute Gasteiger partial charge is 0.323 e. The predicted octanol–water partition coefficient (Wildman–Crippen LogP) is 1.62. The molecule has 1 heterocycles. The molecule has 6 heteroatoms. The maximum atomic E-state index is 11.4. The van der Waals surface area contributed by atoms with Crippen molar-refractivity contribution in [1.29, 1.82) is 0 Å². The first kappa shape index (κ1) is 16.9. The molecule has 124 valence electrons. The second-order valence-electron chi connectivity index (χ2n) is 5.05. The summed E-state index contributed by atoms with van der Waals surface area (Å²) in [4.78, 5) is 11.4. The van der Waals surface area contributed by atoms with E-state index >= 15 is 0 Å². The summed E-state index contributed by atoms with van der Waals surface area (Å²) in [6.45, 7) is 1.16. The van der Waals surface area contributed by atoms with Crippen LogP contribution in [0, 0.1) is 0 Å². The van der Waals surface area contributed by atoms with Crippen molar-refractivity contribution in [2.45, 2.75) is 19.0 Å². The van der Waals surface area contributed by atoms with E-state index in [0.29, 0.717) is 19.6 Å². The van der Waals surface area contributed by atoms with Gasteiger partial charge in [0.1, 0.15) is 24.1 Å². The van der Waals surface area contributed by atoms with E-state index in [4.69, 9.17) is 15.2 Å². The van der Waals surface area contributed by atoms with Crippen molar-refractivity contribution >= 4 is 5.97 Å². The second-order valence-corrected chi connectivity index (χ2v) is 5.05. The van der Waals surface area contributed by atoms with Gasteiger partial charge < -0.3 is 24.5 Å². The quantitative estimate of drug-likeness (QED) is 0.749. The first-order valence-electron chi connectivity index (χ1n) is 7.38. The molecule has 0 aliphatic heterocycles. The number of esters is 1. The molecule has 0 aliphatic rings. The summed E-state index contributed by atoms with van der Waals surface area (Å²) < 4.78 is 17.6. The van der Waals surface area contributed by atoms with Gasteiger partial charge in [0.15, 0.2) is 0 Å². The normalized spacial score (nSPS) is 11.8. The summed E-state index contributed by atoms with van der Waals surface area (Å²) in [7, 11) is 2.96. The van der Waals surface area contributed by atoms with Crippen LogP contribution in [0.5, 0.6) is 11.5 Å². The topological polar surface area (TPSA) is 75.7 Å². The van der Waals surface area contributed by atoms with Crippen molar-refractivity contribution in [1.82, 2.24) is 4.57 Å². The van der Waals surface area contributed by atoms with Gasteiger partial charge in [-0.1, -0.05) is 6.07 Å². The maximum Gasteiger partial charge on any atom is 0.323 e. The minimum absolute atomic E-state index is 0.412. The molecule has 0 amide bonds. The first-order chi connectivity index (χ1) is 11.1. The van der Waals surface area contributed by atoms with Crippen LogP contribution >= 0.6 is 0 Å². The van der Waals surface area contributed by atoms with Gasteiger partial charge in [-0.2, -0.15) is 0 Å². The molecule has 1 aromatic heterocycles. The molecule has 23 heavy (non-hydrogen) atoms. The highest BCUT2D eigenvalue weighted by atomic mass is 16.5. The summed E-state index contributed by atoms with van der Waals surface area (Å²) in [5.74, 6) is 1.10. The van der Waals surface area contributed by atoms with Crippen LogP contribution in [0.2, 0.25) is 0 Å². The molecule has 1 aromatic carbocycles. The number of hydrogen-bond acceptors (Lipinski definition) is 5. The molecule has 2 aromatic rings. The summed E-state index contributed by atoms with van der Waals surface area (Å²) in [5.41, 5.74) is 6.78. The van der Waals surface area contributed by atoms with E-state index in [-0.39, 0.29) is 0 Å². The van der Waals surface area contributed by atoms with Gasteiger partial charge >= 0.3 is 5.97 Å². The van der Waals surface area contributed by atoms with Gasteiger partial charge in [-0.3, -0.25) is 4.79 Å². The van der Waals surface area contributed by atoms with Crippen LogP contribution in [0.15, 0.2) is 42.6 Å². The zero-order valence-electron chi connectivity index (χ0n) is 13.4. The molecule has 2 rings (SSSR count). The van der Waals surface area contributed by atoms with Crippen LogP contribution in [-0.2, 0) is 22.5 Å². The van der Waals surface area contributed by atoms with Gasteiger partial charge in [-0.05, 0) is 24.3 Å². The number of nitrogens with two attached hydrogens (primary N) is 1. The Morgan fingerprint density at radius 2 is 2.00 bits per heavy atom. The number of benzene rings is 1. The van der Waals surface area contributed by atoms with Crippen molar-refractivity contribution in [2.75, 3.05) is 20.8 Å². The number of carbonyl (C=O) groups excluding carboxylic acids is 1. The number of methoxy groups -OCH3 is 2. The lowest BCUT2D eigenvalue weighted by Gasteiger charge is -2.13. The van der Waals surface area contributed by atoms with Crippen LogP contribution < -0.4 is 15.2 Å². The summed E-state index contributed by atoms with van der Waals surface area (Å²) >= 11 is 0. The van der Waals surface area contributed by atoms with Gasteiger partial charge in [0.2, 0.25) is 0 Å². The van der Waals surface area contributed by atoms with Crippen LogP contribution in [0.4, 0.5) is 0 Å². The largest absolute Gasteiger partial charge is 0.497 e. The molecular weight excluding hydrogens is 296 g/mol. The third kappa shape index (κ3) is 4.75.